The van der Waals surface area contributed by atoms with Gasteiger partial charge in [-0.05, 0) is 55.9 Å². The highest BCUT2D eigenvalue weighted by molar-refractivity contribution is 5.87. The molecule has 0 radical (unpaired) electrons. The average Bonchev–Trinajstić information content (AvgIpc) is 2.66. The summed E-state index contributed by atoms with van der Waals surface area (Å²) in [5.74, 6) is -0.139. The monoisotopic (exact) mass is 374 g/mol. The molecule has 3 unspecified atom stereocenters. The van der Waals surface area contributed by atoms with Gasteiger partial charge < -0.3 is 19.3 Å². The maximum atomic E-state index is 12.0. The summed E-state index contributed by atoms with van der Waals surface area (Å²) in [6.45, 7) is 5.36. The van der Waals surface area contributed by atoms with E-state index in [1.54, 1.807) is 32.2 Å². The molecule has 1 N–H and O–H groups in total. The van der Waals surface area contributed by atoms with E-state index in [2.05, 4.69) is 6.58 Å². The molecule has 2 rings (SSSR count). The molecular formula is C21H26O6. The zero-order valence-electron chi connectivity index (χ0n) is 15.7. The fourth-order valence-corrected chi connectivity index (χ4v) is 2.88. The van der Waals surface area contributed by atoms with Crippen LogP contribution in [0.15, 0.2) is 42.5 Å². The Kier molecular flexibility index (Phi) is 7.61. The fourth-order valence-electron chi connectivity index (χ4n) is 2.88. The summed E-state index contributed by atoms with van der Waals surface area (Å²) in [6.07, 6.45) is 3.33. The van der Waals surface area contributed by atoms with Gasteiger partial charge in [-0.2, -0.15) is 0 Å². The first-order valence-corrected chi connectivity index (χ1v) is 8.92. The van der Waals surface area contributed by atoms with Crippen molar-refractivity contribution in [2.45, 2.75) is 38.4 Å². The molecule has 3 atom stereocenters. The molecule has 1 aliphatic carbocycles. The SMILES string of the molecule is C=C(C)C(=O)OCC1CCC(OC(=O)/C=C/c2ccc(OC)cc2)C(O)C1. The second kappa shape index (κ2) is 9.92. The topological polar surface area (TPSA) is 82.1 Å². The van der Waals surface area contributed by atoms with Gasteiger partial charge in [0.15, 0.2) is 0 Å². The van der Waals surface area contributed by atoms with Crippen molar-refractivity contribution in [1.29, 1.82) is 0 Å². The number of aliphatic hydroxyl groups is 1. The van der Waals surface area contributed by atoms with Gasteiger partial charge in [-0.3, -0.25) is 0 Å². The molecule has 0 bridgehead atoms. The number of benzene rings is 1. The summed E-state index contributed by atoms with van der Waals surface area (Å²) < 4.78 is 15.6. The van der Waals surface area contributed by atoms with Crippen LogP contribution in [0.2, 0.25) is 0 Å². The largest absolute Gasteiger partial charge is 0.497 e. The Balaban J connectivity index is 1.78. The van der Waals surface area contributed by atoms with Crippen molar-refractivity contribution in [3.05, 3.63) is 48.1 Å². The lowest BCUT2D eigenvalue weighted by molar-refractivity contribution is -0.154. The molecule has 1 saturated carbocycles. The number of rotatable bonds is 7. The summed E-state index contributed by atoms with van der Waals surface area (Å²) >= 11 is 0. The van der Waals surface area contributed by atoms with Gasteiger partial charge in [-0.1, -0.05) is 18.7 Å². The lowest BCUT2D eigenvalue weighted by atomic mass is 9.86. The fraction of sp³-hybridized carbons (Fsp3) is 0.429. The molecule has 0 aromatic heterocycles. The van der Waals surface area contributed by atoms with Crippen molar-refractivity contribution < 1.29 is 28.9 Å². The van der Waals surface area contributed by atoms with Gasteiger partial charge in [0.1, 0.15) is 11.9 Å². The standard InChI is InChI=1S/C21H26O6/c1-14(2)21(24)26-13-16-6-10-19(18(22)12-16)27-20(23)11-7-15-4-8-17(25-3)9-5-15/h4-5,7-9,11,16,18-19,22H,1,6,10,12-13H2,2-3H3/b11-7+. The molecule has 1 aromatic rings. The lowest BCUT2D eigenvalue weighted by Gasteiger charge is -2.32. The van der Waals surface area contributed by atoms with Crippen molar-refractivity contribution in [2.24, 2.45) is 5.92 Å². The Morgan fingerprint density at radius 1 is 1.26 bits per heavy atom. The highest BCUT2D eigenvalue weighted by atomic mass is 16.6. The van der Waals surface area contributed by atoms with Crippen molar-refractivity contribution >= 4 is 18.0 Å². The minimum absolute atomic E-state index is 0.0492. The Hall–Kier alpha value is -2.60. The average molecular weight is 374 g/mol. The number of ether oxygens (including phenoxy) is 3. The number of hydrogen-bond acceptors (Lipinski definition) is 6. The Bertz CT molecular complexity index is 691. The van der Waals surface area contributed by atoms with Crippen LogP contribution < -0.4 is 4.74 Å². The van der Waals surface area contributed by atoms with Crippen LogP contribution >= 0.6 is 0 Å². The van der Waals surface area contributed by atoms with Gasteiger partial charge in [0, 0.05) is 11.6 Å². The second-order valence-electron chi connectivity index (χ2n) is 6.71. The maximum absolute atomic E-state index is 12.0. The zero-order valence-corrected chi connectivity index (χ0v) is 15.7. The van der Waals surface area contributed by atoms with Gasteiger partial charge in [0.05, 0.1) is 19.8 Å². The molecule has 1 aliphatic rings. The van der Waals surface area contributed by atoms with Gasteiger partial charge in [-0.15, -0.1) is 0 Å². The number of hydrogen-bond donors (Lipinski definition) is 1. The van der Waals surface area contributed by atoms with E-state index in [1.165, 1.54) is 6.08 Å². The first-order chi connectivity index (χ1) is 12.9. The number of carbonyl (C=O) groups is 2. The van der Waals surface area contributed by atoms with Crippen LogP contribution in [0.1, 0.15) is 31.7 Å². The first kappa shape index (κ1) is 20.7. The Labute approximate surface area is 159 Å². The molecule has 0 saturated heterocycles. The normalized spacial score (nSPS) is 22.3. The van der Waals surface area contributed by atoms with Crippen molar-refractivity contribution in [3.8, 4) is 5.75 Å². The molecular weight excluding hydrogens is 348 g/mol. The summed E-state index contributed by atoms with van der Waals surface area (Å²) in [6, 6.07) is 7.26. The predicted molar refractivity (Wildman–Crippen MR) is 101 cm³/mol. The third-order valence-corrected chi connectivity index (χ3v) is 4.46. The van der Waals surface area contributed by atoms with Crippen molar-refractivity contribution in [1.82, 2.24) is 0 Å². The van der Waals surface area contributed by atoms with Crippen molar-refractivity contribution in [2.75, 3.05) is 13.7 Å². The van der Waals surface area contributed by atoms with Crippen LogP contribution in [0.3, 0.4) is 0 Å². The number of aliphatic hydroxyl groups excluding tert-OH is 1. The molecule has 6 nitrogen and oxygen atoms in total. The third kappa shape index (κ3) is 6.57. The van der Waals surface area contributed by atoms with Crippen LogP contribution in [0.25, 0.3) is 6.08 Å². The van der Waals surface area contributed by atoms with Crippen LogP contribution in [0.4, 0.5) is 0 Å². The first-order valence-electron chi connectivity index (χ1n) is 8.92. The predicted octanol–water partition coefficient (Wildman–Crippen LogP) is 2.90. The number of esters is 2. The molecule has 146 valence electrons. The van der Waals surface area contributed by atoms with Gasteiger partial charge in [0.2, 0.25) is 0 Å². The van der Waals surface area contributed by atoms with E-state index in [-0.39, 0.29) is 12.5 Å². The van der Waals surface area contributed by atoms with E-state index in [0.717, 1.165) is 11.3 Å². The minimum Gasteiger partial charge on any atom is -0.497 e. The van der Waals surface area contributed by atoms with Gasteiger partial charge >= 0.3 is 11.9 Å². The molecule has 0 heterocycles. The smallest absolute Gasteiger partial charge is 0.333 e. The Morgan fingerprint density at radius 2 is 1.96 bits per heavy atom. The summed E-state index contributed by atoms with van der Waals surface area (Å²) in [5.41, 5.74) is 1.19. The number of carbonyl (C=O) groups excluding carboxylic acids is 2. The summed E-state index contributed by atoms with van der Waals surface area (Å²) in [7, 11) is 1.59. The second-order valence-corrected chi connectivity index (χ2v) is 6.71. The molecule has 27 heavy (non-hydrogen) atoms. The quantitative estimate of drug-likeness (QED) is 0.584. The number of methoxy groups -OCH3 is 1. The van der Waals surface area contributed by atoms with E-state index in [1.807, 2.05) is 12.1 Å². The minimum atomic E-state index is -0.773. The van der Waals surface area contributed by atoms with E-state index >= 15 is 0 Å². The summed E-state index contributed by atoms with van der Waals surface area (Å²) in [5, 5.41) is 10.2. The van der Waals surface area contributed by atoms with E-state index in [4.69, 9.17) is 14.2 Å². The van der Waals surface area contributed by atoms with E-state index in [0.29, 0.717) is 24.8 Å². The molecule has 6 heteroatoms. The van der Waals surface area contributed by atoms with Crippen LogP contribution in [-0.2, 0) is 19.1 Å². The van der Waals surface area contributed by atoms with Crippen LogP contribution in [-0.4, -0.2) is 43.0 Å². The Morgan fingerprint density at radius 3 is 2.56 bits per heavy atom. The van der Waals surface area contributed by atoms with E-state index in [9.17, 15) is 14.7 Å². The third-order valence-electron chi connectivity index (χ3n) is 4.46. The van der Waals surface area contributed by atoms with Crippen LogP contribution in [0, 0.1) is 5.92 Å². The highest BCUT2D eigenvalue weighted by Crippen LogP contribution is 2.27. The summed E-state index contributed by atoms with van der Waals surface area (Å²) in [4.78, 5) is 23.4. The van der Waals surface area contributed by atoms with Crippen molar-refractivity contribution in [3.63, 3.8) is 0 Å². The van der Waals surface area contributed by atoms with Gasteiger partial charge in [0.25, 0.3) is 0 Å². The molecule has 1 fully saturated rings. The van der Waals surface area contributed by atoms with Crippen LogP contribution in [0.5, 0.6) is 5.75 Å². The molecule has 0 spiro atoms. The molecule has 0 aliphatic heterocycles. The van der Waals surface area contributed by atoms with Gasteiger partial charge in [-0.25, -0.2) is 9.59 Å². The van der Waals surface area contributed by atoms with E-state index < -0.39 is 24.1 Å². The molecule has 0 amide bonds. The highest BCUT2D eigenvalue weighted by Gasteiger charge is 2.32. The lowest BCUT2D eigenvalue weighted by Crippen LogP contribution is -2.38. The zero-order chi connectivity index (χ0) is 19.8. The maximum Gasteiger partial charge on any atom is 0.333 e. The molecule has 1 aromatic carbocycles.